The largest absolute Gasteiger partial charge is 0.367 e. The van der Waals surface area contributed by atoms with E-state index in [-0.39, 0.29) is 24.9 Å². The van der Waals surface area contributed by atoms with E-state index in [0.29, 0.717) is 24.9 Å². The summed E-state index contributed by atoms with van der Waals surface area (Å²) >= 11 is 0. The van der Waals surface area contributed by atoms with Crippen molar-refractivity contribution in [3.05, 3.63) is 35.6 Å². The molecular weight excluding hydrogens is 287 g/mol. The molecule has 1 saturated carbocycles. The second-order valence-corrected chi connectivity index (χ2v) is 6.23. The van der Waals surface area contributed by atoms with E-state index in [1.807, 2.05) is 0 Å². The first-order chi connectivity index (χ1) is 10.4. The average molecular weight is 306 g/mol. The first-order valence-electron chi connectivity index (χ1n) is 7.37. The van der Waals surface area contributed by atoms with E-state index >= 15 is 0 Å². The summed E-state index contributed by atoms with van der Waals surface area (Å²) in [4.78, 5) is 26.0. The van der Waals surface area contributed by atoms with Crippen LogP contribution in [0.5, 0.6) is 0 Å². The van der Waals surface area contributed by atoms with Gasteiger partial charge >= 0.3 is 0 Å². The van der Waals surface area contributed by atoms with E-state index in [4.69, 9.17) is 10.5 Å². The van der Waals surface area contributed by atoms with Crippen LogP contribution in [0, 0.1) is 5.82 Å². The van der Waals surface area contributed by atoms with Crippen LogP contribution < -0.4 is 5.73 Å². The van der Waals surface area contributed by atoms with E-state index in [2.05, 4.69) is 0 Å². The molecular formula is C16H19FN2O3. The van der Waals surface area contributed by atoms with Crippen LogP contribution in [-0.4, -0.2) is 42.0 Å². The Labute approximate surface area is 128 Å². The van der Waals surface area contributed by atoms with Crippen LogP contribution in [0.1, 0.15) is 25.3 Å². The Bertz CT molecular complexity index is 630. The number of carbonyl (C=O) groups excluding carboxylic acids is 2. The molecule has 2 aliphatic rings. The van der Waals surface area contributed by atoms with Gasteiger partial charge in [-0.05, 0) is 25.8 Å². The fourth-order valence-corrected chi connectivity index (χ4v) is 3.07. The monoisotopic (exact) mass is 306 g/mol. The lowest BCUT2D eigenvalue weighted by Crippen LogP contribution is -2.59. The quantitative estimate of drug-likeness (QED) is 0.904. The number of carbonyl (C=O) groups is 2. The molecule has 0 aromatic heterocycles. The third-order valence-electron chi connectivity index (χ3n) is 4.63. The highest BCUT2D eigenvalue weighted by atomic mass is 19.1. The van der Waals surface area contributed by atoms with Crippen molar-refractivity contribution >= 4 is 11.8 Å². The zero-order chi connectivity index (χ0) is 16.0. The van der Waals surface area contributed by atoms with Gasteiger partial charge in [-0.15, -0.1) is 0 Å². The molecule has 1 aromatic rings. The first kappa shape index (κ1) is 15.0. The standard InChI is InChI=1S/C16H19FN2O3/c1-15(13(18)20)10-19(8-9-22-15)14(21)16(6-7-16)11-4-2-3-5-12(11)17/h2-5H,6-10H2,1H3,(H2,18,20)/t15-/m0/s1. The van der Waals surface area contributed by atoms with Gasteiger partial charge in [-0.2, -0.15) is 0 Å². The van der Waals surface area contributed by atoms with Crippen molar-refractivity contribution in [2.75, 3.05) is 19.7 Å². The first-order valence-corrected chi connectivity index (χ1v) is 7.37. The van der Waals surface area contributed by atoms with Crippen molar-refractivity contribution in [1.29, 1.82) is 0 Å². The molecule has 0 bridgehead atoms. The van der Waals surface area contributed by atoms with Crippen LogP contribution in [0.2, 0.25) is 0 Å². The second-order valence-electron chi connectivity index (χ2n) is 6.23. The molecule has 1 aromatic carbocycles. The number of benzene rings is 1. The SMILES string of the molecule is C[C@@]1(C(N)=O)CN(C(=O)C2(c3ccccc3F)CC2)CCO1. The number of amides is 2. The third kappa shape index (κ3) is 2.27. The van der Waals surface area contributed by atoms with Gasteiger partial charge in [0.25, 0.3) is 5.91 Å². The van der Waals surface area contributed by atoms with E-state index < -0.39 is 16.9 Å². The van der Waals surface area contributed by atoms with Crippen molar-refractivity contribution in [3.8, 4) is 0 Å². The second kappa shape index (κ2) is 5.05. The Balaban J connectivity index is 1.85. The number of hydrogen-bond donors (Lipinski definition) is 1. The third-order valence-corrected chi connectivity index (χ3v) is 4.63. The normalized spacial score (nSPS) is 26.5. The molecule has 2 N–H and O–H groups in total. The van der Waals surface area contributed by atoms with Gasteiger partial charge in [-0.1, -0.05) is 18.2 Å². The molecule has 118 valence electrons. The van der Waals surface area contributed by atoms with E-state index in [9.17, 15) is 14.0 Å². The molecule has 0 radical (unpaired) electrons. The number of ether oxygens (including phenoxy) is 1. The van der Waals surface area contributed by atoms with Gasteiger partial charge in [-0.25, -0.2) is 4.39 Å². The Kier molecular flexibility index (Phi) is 3.44. The van der Waals surface area contributed by atoms with Crippen LogP contribution in [0.25, 0.3) is 0 Å². The summed E-state index contributed by atoms with van der Waals surface area (Å²) in [5.74, 6) is -1.10. The fourth-order valence-electron chi connectivity index (χ4n) is 3.07. The Morgan fingerprint density at radius 2 is 2.00 bits per heavy atom. The summed E-state index contributed by atoms with van der Waals surface area (Å²) < 4.78 is 19.5. The van der Waals surface area contributed by atoms with Gasteiger partial charge in [0.2, 0.25) is 5.91 Å². The number of nitrogens with two attached hydrogens (primary N) is 1. The summed E-state index contributed by atoms with van der Waals surface area (Å²) in [5, 5.41) is 0. The summed E-state index contributed by atoms with van der Waals surface area (Å²) in [5.41, 5.74) is 3.83. The molecule has 1 aliphatic carbocycles. The lowest BCUT2D eigenvalue weighted by Gasteiger charge is -2.39. The maximum absolute atomic E-state index is 14.1. The van der Waals surface area contributed by atoms with Crippen molar-refractivity contribution < 1.29 is 18.7 Å². The molecule has 2 fully saturated rings. The molecule has 22 heavy (non-hydrogen) atoms. The van der Waals surface area contributed by atoms with Gasteiger partial charge in [0, 0.05) is 12.1 Å². The van der Waals surface area contributed by atoms with Gasteiger partial charge in [-0.3, -0.25) is 9.59 Å². The molecule has 1 heterocycles. The van der Waals surface area contributed by atoms with Crippen LogP contribution in [0.4, 0.5) is 4.39 Å². The number of halogens is 1. The van der Waals surface area contributed by atoms with Crippen LogP contribution in [-0.2, 0) is 19.7 Å². The molecule has 6 heteroatoms. The zero-order valence-corrected chi connectivity index (χ0v) is 12.5. The maximum atomic E-state index is 14.1. The van der Waals surface area contributed by atoms with Gasteiger partial charge in [0.1, 0.15) is 5.82 Å². The lowest BCUT2D eigenvalue weighted by molar-refractivity contribution is -0.161. The van der Waals surface area contributed by atoms with Crippen molar-refractivity contribution in [1.82, 2.24) is 4.90 Å². The maximum Gasteiger partial charge on any atom is 0.251 e. The van der Waals surface area contributed by atoms with E-state index in [1.165, 1.54) is 6.07 Å². The number of hydrogen-bond acceptors (Lipinski definition) is 3. The molecule has 1 atom stereocenters. The Morgan fingerprint density at radius 1 is 1.32 bits per heavy atom. The fraction of sp³-hybridized carbons (Fsp3) is 0.500. The van der Waals surface area contributed by atoms with Crippen LogP contribution in [0.3, 0.4) is 0 Å². The highest BCUT2D eigenvalue weighted by Gasteiger charge is 2.55. The van der Waals surface area contributed by atoms with Gasteiger partial charge in [0.05, 0.1) is 18.6 Å². The van der Waals surface area contributed by atoms with Crippen LogP contribution >= 0.6 is 0 Å². The molecule has 2 amide bonds. The number of morpholine rings is 1. The van der Waals surface area contributed by atoms with Gasteiger partial charge < -0.3 is 15.4 Å². The molecule has 1 saturated heterocycles. The van der Waals surface area contributed by atoms with Crippen molar-refractivity contribution in [2.45, 2.75) is 30.8 Å². The zero-order valence-electron chi connectivity index (χ0n) is 12.5. The molecule has 0 spiro atoms. The van der Waals surface area contributed by atoms with Crippen LogP contribution in [0.15, 0.2) is 24.3 Å². The topological polar surface area (TPSA) is 72.6 Å². The molecule has 1 aliphatic heterocycles. The smallest absolute Gasteiger partial charge is 0.251 e. The minimum Gasteiger partial charge on any atom is -0.367 e. The van der Waals surface area contributed by atoms with E-state index in [0.717, 1.165) is 0 Å². The van der Waals surface area contributed by atoms with Crippen molar-refractivity contribution in [3.63, 3.8) is 0 Å². The number of primary amides is 1. The Hall–Kier alpha value is -1.95. The minimum absolute atomic E-state index is 0.109. The number of nitrogens with zero attached hydrogens (tertiary/aromatic N) is 1. The highest BCUT2D eigenvalue weighted by Crippen LogP contribution is 2.50. The predicted octanol–water partition coefficient (Wildman–Crippen LogP) is 0.960. The van der Waals surface area contributed by atoms with Gasteiger partial charge in [0.15, 0.2) is 5.60 Å². The molecule has 3 rings (SSSR count). The van der Waals surface area contributed by atoms with E-state index in [1.54, 1.807) is 30.0 Å². The average Bonchev–Trinajstić information content (AvgIpc) is 3.28. The van der Waals surface area contributed by atoms with Crippen molar-refractivity contribution in [2.24, 2.45) is 5.73 Å². The Morgan fingerprint density at radius 3 is 2.59 bits per heavy atom. The number of rotatable bonds is 3. The lowest BCUT2D eigenvalue weighted by atomic mass is 9.92. The summed E-state index contributed by atoms with van der Waals surface area (Å²) in [6.45, 7) is 2.32. The predicted molar refractivity (Wildman–Crippen MR) is 77.4 cm³/mol. The summed E-state index contributed by atoms with van der Waals surface area (Å²) in [6.07, 6.45) is 1.24. The minimum atomic E-state index is -1.18. The molecule has 5 nitrogen and oxygen atoms in total. The molecule has 0 unspecified atom stereocenters. The highest BCUT2D eigenvalue weighted by molar-refractivity contribution is 5.92. The summed E-state index contributed by atoms with van der Waals surface area (Å²) in [7, 11) is 0. The summed E-state index contributed by atoms with van der Waals surface area (Å²) in [6, 6.07) is 6.38.